The van der Waals surface area contributed by atoms with Crippen molar-refractivity contribution in [2.75, 3.05) is 13.2 Å². The van der Waals surface area contributed by atoms with Crippen LogP contribution in [-0.4, -0.2) is 13.2 Å². The zero-order chi connectivity index (χ0) is 12.3. The van der Waals surface area contributed by atoms with Crippen LogP contribution < -0.4 is 0 Å². The van der Waals surface area contributed by atoms with E-state index in [-0.39, 0.29) is 11.2 Å². The molecule has 1 nitrogen and oxygen atoms in total. The van der Waals surface area contributed by atoms with Crippen LogP contribution in [0, 0.1) is 12.7 Å². The Kier molecular flexibility index (Phi) is 3.82. The van der Waals surface area contributed by atoms with Gasteiger partial charge in [-0.15, -0.1) is 0 Å². The maximum Gasteiger partial charge on any atom is 0.126 e. The van der Waals surface area contributed by atoms with Gasteiger partial charge >= 0.3 is 0 Å². The maximum absolute atomic E-state index is 13.3. The van der Waals surface area contributed by atoms with Crippen LogP contribution in [0.25, 0.3) is 0 Å². The highest BCUT2D eigenvalue weighted by molar-refractivity contribution is 5.31. The molecule has 0 saturated carbocycles. The second-order valence-electron chi connectivity index (χ2n) is 5.15. The van der Waals surface area contributed by atoms with Crippen molar-refractivity contribution in [1.82, 2.24) is 0 Å². The van der Waals surface area contributed by atoms with Crippen LogP contribution in [0.3, 0.4) is 0 Å². The average Bonchev–Trinajstić information content (AvgIpc) is 2.34. The highest BCUT2D eigenvalue weighted by Crippen LogP contribution is 2.37. The lowest BCUT2D eigenvalue weighted by atomic mass is 9.73. The summed E-state index contributed by atoms with van der Waals surface area (Å²) >= 11 is 0. The van der Waals surface area contributed by atoms with Gasteiger partial charge in [0.25, 0.3) is 0 Å². The second-order valence-corrected chi connectivity index (χ2v) is 5.15. The largest absolute Gasteiger partial charge is 0.381 e. The average molecular weight is 236 g/mol. The smallest absolute Gasteiger partial charge is 0.126 e. The van der Waals surface area contributed by atoms with Gasteiger partial charge in [0, 0.05) is 12.0 Å². The van der Waals surface area contributed by atoms with E-state index in [1.54, 1.807) is 6.07 Å². The summed E-state index contributed by atoms with van der Waals surface area (Å²) in [7, 11) is 0. The molecular weight excluding hydrogens is 215 g/mol. The van der Waals surface area contributed by atoms with E-state index in [9.17, 15) is 4.39 Å². The third-order valence-electron chi connectivity index (χ3n) is 3.82. The van der Waals surface area contributed by atoms with Gasteiger partial charge in [0.2, 0.25) is 0 Å². The highest BCUT2D eigenvalue weighted by Gasteiger charge is 2.34. The van der Waals surface area contributed by atoms with Gasteiger partial charge in [-0.25, -0.2) is 4.39 Å². The van der Waals surface area contributed by atoms with Crippen molar-refractivity contribution in [3.8, 4) is 0 Å². The normalized spacial score (nSPS) is 24.9. The predicted molar refractivity (Wildman–Crippen MR) is 67.8 cm³/mol. The molecule has 1 aromatic rings. The van der Waals surface area contributed by atoms with Gasteiger partial charge in [0.1, 0.15) is 5.82 Å². The first-order chi connectivity index (χ1) is 8.18. The van der Waals surface area contributed by atoms with E-state index in [0.717, 1.165) is 44.5 Å². The fourth-order valence-corrected chi connectivity index (χ4v) is 2.87. The molecule has 1 unspecified atom stereocenters. The lowest BCUT2D eigenvalue weighted by Crippen LogP contribution is -2.36. The Morgan fingerprint density at radius 2 is 2.24 bits per heavy atom. The number of rotatable bonds is 3. The summed E-state index contributed by atoms with van der Waals surface area (Å²) in [5.41, 5.74) is 2.10. The molecule has 0 aromatic heterocycles. The molecule has 0 amide bonds. The second kappa shape index (κ2) is 5.18. The minimum Gasteiger partial charge on any atom is -0.381 e. The monoisotopic (exact) mass is 236 g/mol. The van der Waals surface area contributed by atoms with Crippen LogP contribution in [-0.2, 0) is 10.2 Å². The zero-order valence-corrected chi connectivity index (χ0v) is 10.8. The molecule has 0 aliphatic carbocycles. The van der Waals surface area contributed by atoms with Crippen LogP contribution in [0.5, 0.6) is 0 Å². The molecule has 1 fully saturated rings. The first-order valence-electron chi connectivity index (χ1n) is 6.52. The van der Waals surface area contributed by atoms with E-state index >= 15 is 0 Å². The van der Waals surface area contributed by atoms with E-state index in [2.05, 4.69) is 6.92 Å². The molecule has 17 heavy (non-hydrogen) atoms. The Morgan fingerprint density at radius 3 is 2.82 bits per heavy atom. The Hall–Kier alpha value is -0.890. The molecule has 1 aliphatic rings. The van der Waals surface area contributed by atoms with E-state index in [4.69, 9.17) is 4.74 Å². The van der Waals surface area contributed by atoms with Crippen LogP contribution >= 0.6 is 0 Å². The first-order valence-corrected chi connectivity index (χ1v) is 6.52. The van der Waals surface area contributed by atoms with Gasteiger partial charge in [-0.05, 0) is 43.4 Å². The van der Waals surface area contributed by atoms with E-state index < -0.39 is 0 Å². The molecule has 2 rings (SSSR count). The first kappa shape index (κ1) is 12.6. The minimum atomic E-state index is -0.114. The third-order valence-corrected chi connectivity index (χ3v) is 3.82. The van der Waals surface area contributed by atoms with Crippen molar-refractivity contribution in [2.24, 2.45) is 0 Å². The molecule has 1 heterocycles. The SMILES string of the molecule is CCCC1(c2ccc(F)c(C)c2)CCCOC1. The summed E-state index contributed by atoms with van der Waals surface area (Å²) in [6, 6.07) is 5.53. The Labute approximate surface area is 103 Å². The van der Waals surface area contributed by atoms with Crippen molar-refractivity contribution >= 4 is 0 Å². The molecule has 1 aliphatic heterocycles. The highest BCUT2D eigenvalue weighted by atomic mass is 19.1. The zero-order valence-electron chi connectivity index (χ0n) is 10.8. The number of halogens is 1. The van der Waals surface area contributed by atoms with E-state index in [0.29, 0.717) is 0 Å². The summed E-state index contributed by atoms with van der Waals surface area (Å²) < 4.78 is 19.0. The molecule has 0 spiro atoms. The maximum atomic E-state index is 13.3. The molecule has 0 bridgehead atoms. The summed E-state index contributed by atoms with van der Waals surface area (Å²) in [5.74, 6) is -0.114. The van der Waals surface area contributed by atoms with Crippen molar-refractivity contribution < 1.29 is 9.13 Å². The van der Waals surface area contributed by atoms with Gasteiger partial charge in [-0.1, -0.05) is 25.5 Å². The predicted octanol–water partition coefficient (Wildman–Crippen LogP) is 3.98. The molecule has 1 saturated heterocycles. The van der Waals surface area contributed by atoms with Gasteiger partial charge < -0.3 is 4.74 Å². The Bertz CT molecular complexity index is 375. The molecule has 1 aromatic carbocycles. The van der Waals surface area contributed by atoms with E-state index in [1.807, 2.05) is 19.1 Å². The quantitative estimate of drug-likeness (QED) is 0.771. The summed E-state index contributed by atoms with van der Waals surface area (Å²) in [6.07, 6.45) is 4.53. The van der Waals surface area contributed by atoms with Crippen molar-refractivity contribution in [3.05, 3.63) is 35.1 Å². The van der Waals surface area contributed by atoms with Crippen LogP contribution in [0.2, 0.25) is 0 Å². The number of aryl methyl sites for hydroxylation is 1. The summed E-state index contributed by atoms with van der Waals surface area (Å²) in [6.45, 7) is 5.69. The number of benzene rings is 1. The Balaban J connectivity index is 2.34. The standard InChI is InChI=1S/C15H21FO/c1-3-7-15(8-4-9-17-11-15)13-5-6-14(16)12(2)10-13/h5-6,10H,3-4,7-9,11H2,1-2H3. The molecule has 0 radical (unpaired) electrons. The van der Waals surface area contributed by atoms with Crippen molar-refractivity contribution in [1.29, 1.82) is 0 Å². The fraction of sp³-hybridized carbons (Fsp3) is 0.600. The van der Waals surface area contributed by atoms with E-state index in [1.165, 1.54) is 5.56 Å². The van der Waals surface area contributed by atoms with Gasteiger partial charge in [-0.2, -0.15) is 0 Å². The molecular formula is C15H21FO. The molecule has 0 N–H and O–H groups in total. The van der Waals surface area contributed by atoms with Gasteiger partial charge in [0.05, 0.1) is 6.61 Å². The van der Waals surface area contributed by atoms with Crippen molar-refractivity contribution in [2.45, 2.75) is 44.9 Å². The topological polar surface area (TPSA) is 9.23 Å². The van der Waals surface area contributed by atoms with Gasteiger partial charge in [0.15, 0.2) is 0 Å². The van der Waals surface area contributed by atoms with Crippen molar-refractivity contribution in [3.63, 3.8) is 0 Å². The lowest BCUT2D eigenvalue weighted by Gasteiger charge is -2.37. The summed E-state index contributed by atoms with van der Waals surface area (Å²) in [4.78, 5) is 0. The van der Waals surface area contributed by atoms with Crippen LogP contribution in [0.1, 0.15) is 43.7 Å². The molecule has 1 atom stereocenters. The van der Waals surface area contributed by atoms with Crippen LogP contribution in [0.4, 0.5) is 4.39 Å². The molecule has 2 heteroatoms. The van der Waals surface area contributed by atoms with Crippen LogP contribution in [0.15, 0.2) is 18.2 Å². The number of hydrogen-bond acceptors (Lipinski definition) is 1. The third kappa shape index (κ3) is 2.52. The number of ether oxygens (including phenoxy) is 1. The Morgan fingerprint density at radius 1 is 1.41 bits per heavy atom. The number of hydrogen-bond donors (Lipinski definition) is 0. The lowest BCUT2D eigenvalue weighted by molar-refractivity contribution is 0.0298. The minimum absolute atomic E-state index is 0.114. The molecule has 94 valence electrons. The van der Waals surface area contributed by atoms with Gasteiger partial charge in [-0.3, -0.25) is 0 Å². The summed E-state index contributed by atoms with van der Waals surface area (Å²) in [5, 5.41) is 0. The fourth-order valence-electron chi connectivity index (χ4n) is 2.87.